The molecule has 5 aromatic carbocycles. The minimum atomic E-state index is -4.65. The van der Waals surface area contributed by atoms with Gasteiger partial charge < -0.3 is 38.1 Å². The van der Waals surface area contributed by atoms with Crippen molar-refractivity contribution < 1.29 is 56.7 Å². The van der Waals surface area contributed by atoms with E-state index in [1.807, 2.05) is 166 Å². The number of hydrogen-bond donors (Lipinski definition) is 1. The van der Waals surface area contributed by atoms with E-state index in [2.05, 4.69) is 0 Å². The Morgan fingerprint density at radius 1 is 0.471 bits per heavy atom. The van der Waals surface area contributed by atoms with Crippen molar-refractivity contribution >= 4 is 19.5 Å². The predicted octanol–water partition coefficient (Wildman–Crippen LogP) is 11.5. The Morgan fingerprint density at radius 3 is 1.11 bits per heavy atom. The molecule has 0 amide bonds. The Labute approximate surface area is 414 Å². The molecule has 0 aromatic heterocycles. The number of carbonyl (C=O) groups excluding carboxylic acids is 2. The molecule has 0 spiro atoms. The summed E-state index contributed by atoms with van der Waals surface area (Å²) >= 11 is 0. The van der Waals surface area contributed by atoms with Crippen molar-refractivity contribution in [2.24, 2.45) is 0 Å². The Kier molecular flexibility index (Phi) is 23.3. The second kappa shape index (κ2) is 30.0. The number of ether oxygens (including phenoxy) is 7. The average molecular weight is 979 g/mol. The van der Waals surface area contributed by atoms with Crippen LogP contribution in [0.4, 0.5) is 0 Å². The Bertz CT molecular complexity index is 2150. The first-order valence-corrected chi connectivity index (χ1v) is 26.6. The summed E-state index contributed by atoms with van der Waals surface area (Å²) in [5, 5.41) is 0. The lowest BCUT2D eigenvalue weighted by atomic mass is 9.83. The van der Waals surface area contributed by atoms with Crippen molar-refractivity contribution in [3.05, 3.63) is 179 Å². The number of unbranched alkanes of at least 4 members (excludes halogenated alkanes) is 4. The molecule has 70 heavy (non-hydrogen) atoms. The third-order valence-electron chi connectivity index (χ3n) is 12.1. The molecule has 1 N–H and O–H groups in total. The minimum absolute atomic E-state index is 0.0956. The molecule has 13 heteroatoms. The van der Waals surface area contributed by atoms with Crippen LogP contribution in [-0.4, -0.2) is 72.3 Å². The first-order chi connectivity index (χ1) is 34.2. The van der Waals surface area contributed by atoms with Crippen LogP contribution in [0.3, 0.4) is 0 Å². The summed E-state index contributed by atoms with van der Waals surface area (Å²) in [5.41, 5.74) is 4.41. The lowest BCUT2D eigenvalue weighted by Gasteiger charge is -2.50. The fraction of sp³-hybridized carbons (Fsp3) is 0.439. The van der Waals surface area contributed by atoms with E-state index in [0.29, 0.717) is 12.8 Å². The third-order valence-corrected chi connectivity index (χ3v) is 13.5. The first kappa shape index (κ1) is 54.3. The smallest absolute Gasteiger partial charge is 0.328 e. The van der Waals surface area contributed by atoms with Crippen molar-refractivity contribution in [1.29, 1.82) is 0 Å². The number of carbonyl (C=O) groups is 2. The molecule has 5 aromatic rings. The van der Waals surface area contributed by atoms with Crippen LogP contribution in [-0.2, 0) is 84.9 Å². The SMILES string of the molecule is CCCCCC(=O)OCC(CCP(=O)(O)O[C@@H]1[C@@H](OCc2ccccc2)[C@H](OCc2ccccc2)[C@@H](OCc2ccccc2)[C@H](OCc2ccccc2)[C@@H]1OCc1ccccc1)OC(=O)CCCCC. The number of esters is 2. The van der Waals surface area contributed by atoms with E-state index in [0.717, 1.165) is 53.5 Å². The summed E-state index contributed by atoms with van der Waals surface area (Å²) in [6.07, 6.45) is -2.47. The highest BCUT2D eigenvalue weighted by Gasteiger charge is 2.56. The number of rotatable bonds is 31. The van der Waals surface area contributed by atoms with Crippen LogP contribution in [0, 0.1) is 0 Å². The summed E-state index contributed by atoms with van der Waals surface area (Å²) in [7, 11) is -4.65. The summed E-state index contributed by atoms with van der Waals surface area (Å²) in [5.74, 6) is -0.890. The van der Waals surface area contributed by atoms with Gasteiger partial charge in [0.05, 0.1) is 39.2 Å². The van der Waals surface area contributed by atoms with E-state index in [1.165, 1.54) is 0 Å². The molecular formula is C57H71O12P. The van der Waals surface area contributed by atoms with Crippen LogP contribution in [0.5, 0.6) is 0 Å². The van der Waals surface area contributed by atoms with Gasteiger partial charge in [-0.25, -0.2) is 0 Å². The molecule has 2 unspecified atom stereocenters. The summed E-state index contributed by atoms with van der Waals surface area (Å²) in [4.78, 5) is 37.9. The van der Waals surface area contributed by atoms with Crippen molar-refractivity contribution in [2.75, 3.05) is 12.8 Å². The molecule has 8 atom stereocenters. The van der Waals surface area contributed by atoms with E-state index in [-0.39, 0.29) is 58.9 Å². The zero-order valence-electron chi connectivity index (χ0n) is 40.7. The predicted molar refractivity (Wildman–Crippen MR) is 268 cm³/mol. The van der Waals surface area contributed by atoms with E-state index >= 15 is 0 Å². The normalized spacial score (nSPS) is 20.3. The summed E-state index contributed by atoms with van der Waals surface area (Å²) in [6, 6.07) is 48.5. The quantitative estimate of drug-likeness (QED) is 0.0256. The van der Waals surface area contributed by atoms with Gasteiger partial charge in [-0.3, -0.25) is 18.7 Å². The van der Waals surface area contributed by atoms with Crippen LogP contribution in [0.2, 0.25) is 0 Å². The molecule has 0 radical (unpaired) electrons. The van der Waals surface area contributed by atoms with E-state index < -0.39 is 68.4 Å². The highest BCUT2D eigenvalue weighted by Crippen LogP contribution is 2.49. The second-order valence-corrected chi connectivity index (χ2v) is 19.7. The molecule has 1 fully saturated rings. The molecule has 0 heterocycles. The van der Waals surface area contributed by atoms with Gasteiger partial charge in [-0.05, 0) is 47.1 Å². The van der Waals surface area contributed by atoms with Crippen LogP contribution in [0.1, 0.15) is 99.5 Å². The molecule has 1 saturated carbocycles. The molecule has 6 rings (SSSR count). The molecule has 0 aliphatic heterocycles. The van der Waals surface area contributed by atoms with Gasteiger partial charge in [-0.15, -0.1) is 0 Å². The standard InChI is InChI=1S/C57H71O12P/c1-3-5-12-34-50(58)62-43-49(68-51(59)35-13-6-4-2)36-37-70(60,61)69-57-55(66-41-47-30-20-10-21-31-47)53(64-39-45-26-16-8-17-27-45)52(63-38-44-24-14-7-15-25-44)54(65-40-46-28-18-9-19-29-46)56(57)67-42-48-32-22-11-23-33-48/h7-11,14-33,49,52-57H,3-6,12-13,34-43H2,1-2H3,(H,60,61)/t49?,52-,53-,54+,55-,56-,57-/m0/s1. The monoisotopic (exact) mass is 978 g/mol. The van der Waals surface area contributed by atoms with E-state index in [4.69, 9.17) is 37.7 Å². The van der Waals surface area contributed by atoms with Gasteiger partial charge in [0.25, 0.3) is 0 Å². The number of hydrogen-bond acceptors (Lipinski definition) is 11. The Hall–Kier alpha value is -5.01. The van der Waals surface area contributed by atoms with Gasteiger partial charge in [0, 0.05) is 12.8 Å². The molecule has 1 aliphatic rings. The fourth-order valence-corrected chi connectivity index (χ4v) is 9.63. The van der Waals surface area contributed by atoms with E-state index in [1.54, 1.807) is 0 Å². The van der Waals surface area contributed by atoms with Gasteiger partial charge in [0.15, 0.2) is 0 Å². The molecule has 0 bridgehead atoms. The highest BCUT2D eigenvalue weighted by atomic mass is 31.2. The van der Waals surface area contributed by atoms with Crippen LogP contribution in [0.15, 0.2) is 152 Å². The van der Waals surface area contributed by atoms with Crippen molar-refractivity contribution in [3.63, 3.8) is 0 Å². The maximum Gasteiger partial charge on any atom is 0.328 e. The average Bonchev–Trinajstić information content (AvgIpc) is 3.38. The zero-order chi connectivity index (χ0) is 49.2. The largest absolute Gasteiger partial charge is 0.462 e. The van der Waals surface area contributed by atoms with Crippen molar-refractivity contribution in [1.82, 2.24) is 0 Å². The summed E-state index contributed by atoms with van der Waals surface area (Å²) < 4.78 is 67.5. The fourth-order valence-electron chi connectivity index (χ4n) is 8.29. The van der Waals surface area contributed by atoms with Gasteiger partial charge >= 0.3 is 19.5 Å². The van der Waals surface area contributed by atoms with Gasteiger partial charge in [-0.1, -0.05) is 191 Å². The second-order valence-electron chi connectivity index (χ2n) is 17.7. The van der Waals surface area contributed by atoms with Crippen molar-refractivity contribution in [3.8, 4) is 0 Å². The summed E-state index contributed by atoms with van der Waals surface area (Å²) in [6.45, 7) is 4.50. The maximum atomic E-state index is 14.9. The van der Waals surface area contributed by atoms with Crippen LogP contribution >= 0.6 is 7.60 Å². The third kappa shape index (κ3) is 18.6. The maximum absolute atomic E-state index is 14.9. The Morgan fingerprint density at radius 2 is 0.786 bits per heavy atom. The van der Waals surface area contributed by atoms with Crippen molar-refractivity contribution in [2.45, 2.75) is 147 Å². The first-order valence-electron chi connectivity index (χ1n) is 24.8. The molecule has 0 saturated heterocycles. The molecule has 1 aliphatic carbocycles. The topological polar surface area (TPSA) is 145 Å². The van der Waals surface area contributed by atoms with Gasteiger partial charge in [0.1, 0.15) is 49.3 Å². The number of benzene rings is 5. The van der Waals surface area contributed by atoms with Crippen LogP contribution < -0.4 is 0 Å². The molecular weight excluding hydrogens is 908 g/mol. The molecule has 12 nitrogen and oxygen atoms in total. The van der Waals surface area contributed by atoms with Gasteiger partial charge in [-0.2, -0.15) is 0 Å². The lowest BCUT2D eigenvalue weighted by Crippen LogP contribution is -2.67. The zero-order valence-corrected chi connectivity index (χ0v) is 41.6. The van der Waals surface area contributed by atoms with Crippen LogP contribution in [0.25, 0.3) is 0 Å². The minimum Gasteiger partial charge on any atom is -0.462 e. The van der Waals surface area contributed by atoms with Gasteiger partial charge in [0.2, 0.25) is 0 Å². The molecule has 376 valence electrons. The Balaban J connectivity index is 1.39. The lowest BCUT2D eigenvalue weighted by molar-refractivity contribution is -0.279. The highest BCUT2D eigenvalue weighted by molar-refractivity contribution is 7.52. The van der Waals surface area contributed by atoms with E-state index in [9.17, 15) is 19.0 Å².